The summed E-state index contributed by atoms with van der Waals surface area (Å²) in [5.74, 6) is -0.369. The van der Waals surface area contributed by atoms with Crippen LogP contribution in [0.5, 0.6) is 5.75 Å². The number of likely N-dealkylation sites (N-methyl/N-ethyl adjacent to an activating group) is 1. The Labute approximate surface area is 106 Å². The van der Waals surface area contributed by atoms with Gasteiger partial charge in [0, 0.05) is 19.2 Å². The second kappa shape index (κ2) is 6.05. The lowest BCUT2D eigenvalue weighted by Crippen LogP contribution is -2.45. The number of hydrogen-bond donors (Lipinski definition) is 2. The number of hydrogen-bond acceptors (Lipinski definition) is 3. The molecule has 5 heteroatoms. The zero-order chi connectivity index (χ0) is 13.7. The lowest BCUT2D eigenvalue weighted by molar-refractivity contribution is -0.131. The first-order valence-electron chi connectivity index (χ1n) is 5.80. The van der Waals surface area contributed by atoms with Crippen LogP contribution in [0.1, 0.15) is 24.2 Å². The molecule has 1 rings (SSSR count). The van der Waals surface area contributed by atoms with Crippen molar-refractivity contribution < 1.29 is 14.7 Å². The third-order valence-electron chi connectivity index (χ3n) is 2.70. The van der Waals surface area contributed by atoms with Crippen molar-refractivity contribution >= 4 is 11.8 Å². The first kappa shape index (κ1) is 14.0. The lowest BCUT2D eigenvalue weighted by atomic mass is 10.2. The smallest absolute Gasteiger partial charge is 0.251 e. The van der Waals surface area contributed by atoms with Gasteiger partial charge in [-0.25, -0.2) is 0 Å². The average Bonchev–Trinajstić information content (AvgIpc) is 2.37. The Bertz CT molecular complexity index is 428. The predicted octanol–water partition coefficient (Wildman–Crippen LogP) is 0.989. The number of nitrogens with zero attached hydrogens (tertiary/aromatic N) is 1. The van der Waals surface area contributed by atoms with Crippen LogP contribution in [0, 0.1) is 0 Å². The molecule has 1 atom stereocenters. The molecule has 0 bridgehead atoms. The first-order chi connectivity index (χ1) is 8.45. The Balaban J connectivity index is 2.65. The molecule has 0 heterocycles. The molecular weight excluding hydrogens is 232 g/mol. The Kier molecular flexibility index (Phi) is 4.71. The lowest BCUT2D eigenvalue weighted by Gasteiger charge is -2.20. The quantitative estimate of drug-likeness (QED) is 0.837. The van der Waals surface area contributed by atoms with E-state index in [2.05, 4.69) is 5.32 Å². The normalized spacial score (nSPS) is 11.7. The summed E-state index contributed by atoms with van der Waals surface area (Å²) < 4.78 is 0. The molecule has 0 aliphatic rings. The van der Waals surface area contributed by atoms with Gasteiger partial charge in [-0.15, -0.1) is 0 Å². The number of phenolic OH excluding ortho intramolecular Hbond substituents is 1. The summed E-state index contributed by atoms with van der Waals surface area (Å²) in [5, 5.41) is 11.7. The highest BCUT2D eigenvalue weighted by atomic mass is 16.3. The van der Waals surface area contributed by atoms with Crippen molar-refractivity contribution in [2.45, 2.75) is 19.9 Å². The SMILES string of the molecule is CCN(C)C(=O)C(C)NC(=O)c1ccc(O)cc1. The summed E-state index contributed by atoms with van der Waals surface area (Å²) in [6.07, 6.45) is 0. The van der Waals surface area contributed by atoms with Gasteiger partial charge < -0.3 is 15.3 Å². The second-order valence-corrected chi connectivity index (χ2v) is 4.09. The maximum Gasteiger partial charge on any atom is 0.251 e. The van der Waals surface area contributed by atoms with E-state index >= 15 is 0 Å². The van der Waals surface area contributed by atoms with E-state index in [1.165, 1.54) is 24.3 Å². The molecule has 98 valence electrons. The molecule has 0 aromatic heterocycles. The number of amides is 2. The van der Waals surface area contributed by atoms with Crippen LogP contribution < -0.4 is 5.32 Å². The van der Waals surface area contributed by atoms with Crippen molar-refractivity contribution in [3.63, 3.8) is 0 Å². The van der Waals surface area contributed by atoms with Gasteiger partial charge in [0.25, 0.3) is 5.91 Å². The minimum absolute atomic E-state index is 0.0985. The van der Waals surface area contributed by atoms with E-state index in [1.54, 1.807) is 18.9 Å². The van der Waals surface area contributed by atoms with E-state index in [9.17, 15) is 9.59 Å². The summed E-state index contributed by atoms with van der Waals surface area (Å²) >= 11 is 0. The Morgan fingerprint density at radius 3 is 2.39 bits per heavy atom. The van der Waals surface area contributed by atoms with E-state index in [1.807, 2.05) is 6.92 Å². The van der Waals surface area contributed by atoms with Gasteiger partial charge in [-0.1, -0.05) is 0 Å². The number of aromatic hydroxyl groups is 1. The van der Waals surface area contributed by atoms with Crippen LogP contribution in [0.3, 0.4) is 0 Å². The first-order valence-corrected chi connectivity index (χ1v) is 5.80. The third-order valence-corrected chi connectivity index (χ3v) is 2.70. The van der Waals surface area contributed by atoms with Gasteiger partial charge in [-0.2, -0.15) is 0 Å². The molecule has 2 amide bonds. The summed E-state index contributed by atoms with van der Waals surface area (Å²) in [4.78, 5) is 25.1. The Morgan fingerprint density at radius 1 is 1.33 bits per heavy atom. The van der Waals surface area contributed by atoms with Crippen molar-refractivity contribution in [2.75, 3.05) is 13.6 Å². The maximum absolute atomic E-state index is 11.8. The Hall–Kier alpha value is -2.04. The fourth-order valence-electron chi connectivity index (χ4n) is 1.44. The molecule has 18 heavy (non-hydrogen) atoms. The van der Waals surface area contributed by atoms with Crippen LogP contribution >= 0.6 is 0 Å². The number of benzene rings is 1. The molecule has 0 aliphatic carbocycles. The minimum Gasteiger partial charge on any atom is -0.508 e. The van der Waals surface area contributed by atoms with Crippen molar-refractivity contribution in [1.82, 2.24) is 10.2 Å². The van der Waals surface area contributed by atoms with Crippen molar-refractivity contribution in [1.29, 1.82) is 0 Å². The predicted molar refractivity (Wildman–Crippen MR) is 68.3 cm³/mol. The highest BCUT2D eigenvalue weighted by molar-refractivity contribution is 5.97. The van der Waals surface area contributed by atoms with E-state index in [4.69, 9.17) is 5.11 Å². The number of carbonyl (C=O) groups excluding carboxylic acids is 2. The molecule has 0 saturated carbocycles. The number of carbonyl (C=O) groups is 2. The monoisotopic (exact) mass is 250 g/mol. The highest BCUT2D eigenvalue weighted by Gasteiger charge is 2.18. The molecule has 0 aliphatic heterocycles. The van der Waals surface area contributed by atoms with Crippen LogP contribution in [0.15, 0.2) is 24.3 Å². The zero-order valence-corrected chi connectivity index (χ0v) is 10.8. The standard InChI is InChI=1S/C13H18N2O3/c1-4-15(3)13(18)9(2)14-12(17)10-5-7-11(16)8-6-10/h5-9,16H,4H2,1-3H3,(H,14,17). The number of phenols is 1. The maximum atomic E-state index is 11.8. The molecular formula is C13H18N2O3. The van der Waals surface area contributed by atoms with Gasteiger partial charge in [0.15, 0.2) is 0 Å². The summed E-state index contributed by atoms with van der Waals surface area (Å²) in [7, 11) is 1.69. The van der Waals surface area contributed by atoms with Gasteiger partial charge in [0.1, 0.15) is 11.8 Å². The van der Waals surface area contributed by atoms with Crippen LogP contribution in [0.25, 0.3) is 0 Å². The molecule has 2 N–H and O–H groups in total. The molecule has 1 unspecified atom stereocenters. The Morgan fingerprint density at radius 2 is 1.89 bits per heavy atom. The molecule has 1 aromatic rings. The average molecular weight is 250 g/mol. The number of nitrogens with one attached hydrogen (secondary N) is 1. The molecule has 0 radical (unpaired) electrons. The van der Waals surface area contributed by atoms with Crippen molar-refractivity contribution in [3.05, 3.63) is 29.8 Å². The fourth-order valence-corrected chi connectivity index (χ4v) is 1.44. The van der Waals surface area contributed by atoms with Crippen LogP contribution in [-0.2, 0) is 4.79 Å². The summed E-state index contributed by atoms with van der Waals surface area (Å²) in [5.41, 5.74) is 0.409. The number of rotatable bonds is 4. The molecule has 0 saturated heterocycles. The van der Waals surface area contributed by atoms with Gasteiger partial charge >= 0.3 is 0 Å². The van der Waals surface area contributed by atoms with E-state index in [0.717, 1.165) is 0 Å². The van der Waals surface area contributed by atoms with Gasteiger partial charge in [0.05, 0.1) is 0 Å². The van der Waals surface area contributed by atoms with Crippen LogP contribution in [0.4, 0.5) is 0 Å². The van der Waals surface area contributed by atoms with Gasteiger partial charge in [0.2, 0.25) is 5.91 Å². The van der Waals surface area contributed by atoms with E-state index in [-0.39, 0.29) is 17.6 Å². The third kappa shape index (κ3) is 3.48. The highest BCUT2D eigenvalue weighted by Crippen LogP contribution is 2.09. The largest absolute Gasteiger partial charge is 0.508 e. The van der Waals surface area contributed by atoms with E-state index in [0.29, 0.717) is 12.1 Å². The molecule has 5 nitrogen and oxygen atoms in total. The van der Waals surface area contributed by atoms with Gasteiger partial charge in [-0.05, 0) is 38.1 Å². The van der Waals surface area contributed by atoms with Crippen LogP contribution in [-0.4, -0.2) is 41.5 Å². The molecule has 0 spiro atoms. The minimum atomic E-state index is -0.573. The van der Waals surface area contributed by atoms with Crippen molar-refractivity contribution in [3.8, 4) is 5.75 Å². The molecule has 1 aromatic carbocycles. The van der Waals surface area contributed by atoms with E-state index < -0.39 is 6.04 Å². The second-order valence-electron chi connectivity index (χ2n) is 4.09. The van der Waals surface area contributed by atoms with Crippen LogP contribution in [0.2, 0.25) is 0 Å². The van der Waals surface area contributed by atoms with Gasteiger partial charge in [-0.3, -0.25) is 9.59 Å². The fraction of sp³-hybridized carbons (Fsp3) is 0.385. The van der Waals surface area contributed by atoms with Crippen molar-refractivity contribution in [2.24, 2.45) is 0 Å². The topological polar surface area (TPSA) is 69.6 Å². The molecule has 0 fully saturated rings. The zero-order valence-electron chi connectivity index (χ0n) is 10.8. The summed E-state index contributed by atoms with van der Waals surface area (Å²) in [6, 6.07) is 5.30. The summed E-state index contributed by atoms with van der Waals surface area (Å²) in [6.45, 7) is 4.11.